The lowest BCUT2D eigenvalue weighted by atomic mass is 9.86. The monoisotopic (exact) mass is 237 g/mol. The smallest absolute Gasteiger partial charge is 0.123 e. The number of hydrogen-bond donors (Lipinski definition) is 1. The van der Waals surface area contributed by atoms with Crippen LogP contribution in [0.1, 0.15) is 50.8 Å². The fourth-order valence-electron chi connectivity index (χ4n) is 2.46. The van der Waals surface area contributed by atoms with Crippen LogP contribution in [0.5, 0.6) is 0 Å². The standard InChI is InChI=1S/C15H24FN/c1-5-12(6-2)15(17-7-3)14-10-13(16)9-8-11(14)4/h8-10,12,15,17H,5-7H2,1-4H3. The molecule has 96 valence electrons. The number of rotatable bonds is 6. The van der Waals surface area contributed by atoms with Crippen molar-refractivity contribution in [1.82, 2.24) is 5.32 Å². The summed E-state index contributed by atoms with van der Waals surface area (Å²) < 4.78 is 13.4. The Balaban J connectivity index is 3.07. The van der Waals surface area contributed by atoms with Crippen molar-refractivity contribution in [3.05, 3.63) is 35.1 Å². The molecule has 2 heteroatoms. The van der Waals surface area contributed by atoms with E-state index in [0.717, 1.165) is 24.9 Å². The number of nitrogens with one attached hydrogen (secondary N) is 1. The number of aryl methyl sites for hydroxylation is 1. The van der Waals surface area contributed by atoms with E-state index in [2.05, 4.69) is 33.0 Å². The molecule has 0 aliphatic rings. The van der Waals surface area contributed by atoms with Crippen LogP contribution in [0.3, 0.4) is 0 Å². The van der Waals surface area contributed by atoms with Gasteiger partial charge >= 0.3 is 0 Å². The van der Waals surface area contributed by atoms with Gasteiger partial charge in [0.25, 0.3) is 0 Å². The van der Waals surface area contributed by atoms with E-state index in [-0.39, 0.29) is 11.9 Å². The number of halogens is 1. The summed E-state index contributed by atoms with van der Waals surface area (Å²) in [4.78, 5) is 0. The van der Waals surface area contributed by atoms with Crippen LogP contribution >= 0.6 is 0 Å². The summed E-state index contributed by atoms with van der Waals surface area (Å²) in [7, 11) is 0. The van der Waals surface area contributed by atoms with Gasteiger partial charge in [0, 0.05) is 6.04 Å². The molecular formula is C15H24FN. The van der Waals surface area contributed by atoms with Gasteiger partial charge < -0.3 is 5.32 Å². The molecule has 0 saturated carbocycles. The van der Waals surface area contributed by atoms with Gasteiger partial charge in [0.1, 0.15) is 5.82 Å². The van der Waals surface area contributed by atoms with E-state index in [1.807, 2.05) is 6.07 Å². The zero-order valence-corrected chi connectivity index (χ0v) is 11.4. The van der Waals surface area contributed by atoms with Crippen LogP contribution in [-0.4, -0.2) is 6.54 Å². The first-order valence-corrected chi connectivity index (χ1v) is 6.63. The summed E-state index contributed by atoms with van der Waals surface area (Å²) in [5, 5.41) is 3.50. The third-order valence-electron chi connectivity index (χ3n) is 3.52. The van der Waals surface area contributed by atoms with Crippen LogP contribution in [0.15, 0.2) is 18.2 Å². The second-order valence-electron chi connectivity index (χ2n) is 4.61. The molecule has 0 spiro atoms. The van der Waals surface area contributed by atoms with Gasteiger partial charge in [0.2, 0.25) is 0 Å². The Morgan fingerprint density at radius 3 is 2.35 bits per heavy atom. The molecule has 0 fully saturated rings. The Bertz CT molecular complexity index is 345. The van der Waals surface area contributed by atoms with Crippen molar-refractivity contribution in [1.29, 1.82) is 0 Å². The zero-order valence-electron chi connectivity index (χ0n) is 11.4. The van der Waals surface area contributed by atoms with E-state index in [1.54, 1.807) is 6.07 Å². The first-order chi connectivity index (χ1) is 8.13. The van der Waals surface area contributed by atoms with Crippen molar-refractivity contribution in [3.63, 3.8) is 0 Å². The van der Waals surface area contributed by atoms with E-state index in [1.165, 1.54) is 11.6 Å². The third-order valence-corrected chi connectivity index (χ3v) is 3.52. The summed E-state index contributed by atoms with van der Waals surface area (Å²) in [6, 6.07) is 5.36. The molecular weight excluding hydrogens is 213 g/mol. The van der Waals surface area contributed by atoms with Crippen molar-refractivity contribution in [2.75, 3.05) is 6.54 Å². The highest BCUT2D eigenvalue weighted by atomic mass is 19.1. The highest BCUT2D eigenvalue weighted by Gasteiger charge is 2.21. The average Bonchev–Trinajstić information content (AvgIpc) is 2.33. The molecule has 1 atom stereocenters. The van der Waals surface area contributed by atoms with E-state index in [4.69, 9.17) is 0 Å². The first kappa shape index (κ1) is 14.2. The van der Waals surface area contributed by atoms with Crippen LogP contribution in [0.4, 0.5) is 4.39 Å². The van der Waals surface area contributed by atoms with Gasteiger partial charge in [0.15, 0.2) is 0 Å². The Morgan fingerprint density at radius 1 is 1.18 bits per heavy atom. The normalized spacial score (nSPS) is 13.1. The Morgan fingerprint density at radius 2 is 1.82 bits per heavy atom. The number of hydrogen-bond acceptors (Lipinski definition) is 1. The minimum Gasteiger partial charge on any atom is -0.310 e. The number of benzene rings is 1. The van der Waals surface area contributed by atoms with Crippen molar-refractivity contribution in [3.8, 4) is 0 Å². The van der Waals surface area contributed by atoms with Crippen LogP contribution in [0.2, 0.25) is 0 Å². The molecule has 1 unspecified atom stereocenters. The molecule has 0 aromatic heterocycles. The van der Waals surface area contributed by atoms with E-state index in [0.29, 0.717) is 5.92 Å². The largest absolute Gasteiger partial charge is 0.310 e. The third kappa shape index (κ3) is 3.53. The van der Waals surface area contributed by atoms with Gasteiger partial charge in [-0.25, -0.2) is 4.39 Å². The van der Waals surface area contributed by atoms with Crippen molar-refractivity contribution in [2.45, 2.75) is 46.6 Å². The summed E-state index contributed by atoms with van der Waals surface area (Å²) in [5.41, 5.74) is 2.28. The highest BCUT2D eigenvalue weighted by Crippen LogP contribution is 2.29. The van der Waals surface area contributed by atoms with Gasteiger partial charge in [-0.3, -0.25) is 0 Å². The molecule has 0 amide bonds. The van der Waals surface area contributed by atoms with Crippen LogP contribution in [0, 0.1) is 18.7 Å². The summed E-state index contributed by atoms with van der Waals surface area (Å²) in [6.07, 6.45) is 2.23. The second kappa shape index (κ2) is 6.75. The zero-order chi connectivity index (χ0) is 12.8. The molecule has 0 aliphatic carbocycles. The molecule has 0 heterocycles. The maximum atomic E-state index is 13.4. The van der Waals surface area contributed by atoms with E-state index < -0.39 is 0 Å². The predicted octanol–water partition coefficient (Wildman–Crippen LogP) is 4.22. The molecule has 1 aromatic rings. The van der Waals surface area contributed by atoms with Crippen molar-refractivity contribution < 1.29 is 4.39 Å². The lowest BCUT2D eigenvalue weighted by Gasteiger charge is -2.28. The second-order valence-corrected chi connectivity index (χ2v) is 4.61. The SMILES string of the molecule is CCNC(c1cc(F)ccc1C)C(CC)CC. The molecule has 0 radical (unpaired) electrons. The molecule has 0 bridgehead atoms. The molecule has 1 N–H and O–H groups in total. The van der Waals surface area contributed by atoms with Gasteiger partial charge in [-0.1, -0.05) is 39.7 Å². The minimum atomic E-state index is -0.139. The van der Waals surface area contributed by atoms with Crippen molar-refractivity contribution in [2.24, 2.45) is 5.92 Å². The van der Waals surface area contributed by atoms with Gasteiger partial charge in [-0.05, 0) is 42.6 Å². The Kier molecular flexibility index (Phi) is 5.63. The van der Waals surface area contributed by atoms with Gasteiger partial charge in [-0.15, -0.1) is 0 Å². The lowest BCUT2D eigenvalue weighted by Crippen LogP contribution is -2.28. The maximum absolute atomic E-state index is 13.4. The van der Waals surface area contributed by atoms with Crippen LogP contribution in [0.25, 0.3) is 0 Å². The Hall–Kier alpha value is -0.890. The molecule has 1 rings (SSSR count). The summed E-state index contributed by atoms with van der Waals surface area (Å²) in [6.45, 7) is 9.48. The maximum Gasteiger partial charge on any atom is 0.123 e. The average molecular weight is 237 g/mol. The fraction of sp³-hybridized carbons (Fsp3) is 0.600. The topological polar surface area (TPSA) is 12.0 Å². The molecule has 0 saturated heterocycles. The van der Waals surface area contributed by atoms with Gasteiger partial charge in [0.05, 0.1) is 0 Å². The highest BCUT2D eigenvalue weighted by molar-refractivity contribution is 5.30. The molecule has 1 nitrogen and oxygen atoms in total. The minimum absolute atomic E-state index is 0.139. The van der Waals surface area contributed by atoms with Crippen molar-refractivity contribution >= 4 is 0 Å². The Labute approximate surface area is 104 Å². The van der Waals surface area contributed by atoms with E-state index >= 15 is 0 Å². The first-order valence-electron chi connectivity index (χ1n) is 6.63. The molecule has 0 aliphatic heterocycles. The van der Waals surface area contributed by atoms with Crippen LogP contribution in [-0.2, 0) is 0 Å². The fourth-order valence-corrected chi connectivity index (χ4v) is 2.46. The summed E-state index contributed by atoms with van der Waals surface area (Å²) in [5.74, 6) is 0.426. The van der Waals surface area contributed by atoms with Gasteiger partial charge in [-0.2, -0.15) is 0 Å². The summed E-state index contributed by atoms with van der Waals surface area (Å²) >= 11 is 0. The quantitative estimate of drug-likeness (QED) is 0.781. The predicted molar refractivity (Wildman–Crippen MR) is 71.6 cm³/mol. The molecule has 17 heavy (non-hydrogen) atoms. The van der Waals surface area contributed by atoms with Crippen LogP contribution < -0.4 is 5.32 Å². The van der Waals surface area contributed by atoms with E-state index in [9.17, 15) is 4.39 Å². The molecule has 1 aromatic carbocycles. The lowest BCUT2D eigenvalue weighted by molar-refractivity contribution is 0.344.